The van der Waals surface area contributed by atoms with E-state index in [-0.39, 0.29) is 5.75 Å². The molecule has 1 aromatic carbocycles. The van der Waals surface area contributed by atoms with Crippen LogP contribution in [0.15, 0.2) is 51.8 Å². The summed E-state index contributed by atoms with van der Waals surface area (Å²) in [4.78, 5) is 4.27. The lowest BCUT2D eigenvalue weighted by atomic mass is 10.1. The van der Waals surface area contributed by atoms with Crippen molar-refractivity contribution < 1.29 is 14.0 Å². The van der Waals surface area contributed by atoms with E-state index < -0.39 is 0 Å². The first-order valence-electron chi connectivity index (χ1n) is 5.44. The summed E-state index contributed by atoms with van der Waals surface area (Å²) in [5.41, 5.74) is 1.78. The quantitative estimate of drug-likeness (QED) is 0.764. The molecule has 0 amide bonds. The Morgan fingerprint density at radius 1 is 1.11 bits per heavy atom. The Kier molecular flexibility index (Phi) is 2.57. The molecule has 18 heavy (non-hydrogen) atoms. The number of phenols is 1. The van der Waals surface area contributed by atoms with Gasteiger partial charge in [-0.1, -0.05) is 17.3 Å². The predicted molar refractivity (Wildman–Crippen MR) is 62.9 cm³/mol. The molecule has 0 aliphatic heterocycles. The third-order valence-electron chi connectivity index (χ3n) is 2.54. The summed E-state index contributed by atoms with van der Waals surface area (Å²) in [6.45, 7) is 0. The second-order valence-corrected chi connectivity index (χ2v) is 3.87. The highest BCUT2D eigenvalue weighted by atomic mass is 16.5. The number of nitrogens with zero attached hydrogens (tertiary/aromatic N) is 2. The van der Waals surface area contributed by atoms with E-state index in [4.69, 9.17) is 8.94 Å². The Hall–Kier alpha value is -2.56. The summed E-state index contributed by atoms with van der Waals surface area (Å²) in [7, 11) is 0. The molecule has 2 heterocycles. The van der Waals surface area contributed by atoms with E-state index in [1.54, 1.807) is 30.7 Å². The Morgan fingerprint density at radius 2 is 1.94 bits per heavy atom. The van der Waals surface area contributed by atoms with E-state index in [9.17, 15) is 5.11 Å². The van der Waals surface area contributed by atoms with Crippen molar-refractivity contribution in [1.29, 1.82) is 0 Å². The normalized spacial score (nSPS) is 10.7. The molecule has 5 heteroatoms. The van der Waals surface area contributed by atoms with Gasteiger partial charge in [0.05, 0.1) is 18.2 Å². The van der Waals surface area contributed by atoms with Crippen LogP contribution in [0.5, 0.6) is 5.75 Å². The van der Waals surface area contributed by atoms with Gasteiger partial charge in [-0.2, -0.15) is 4.98 Å². The van der Waals surface area contributed by atoms with Crippen molar-refractivity contribution in [3.05, 3.63) is 54.3 Å². The van der Waals surface area contributed by atoms with Crippen LogP contribution in [0, 0.1) is 0 Å². The van der Waals surface area contributed by atoms with Gasteiger partial charge in [0, 0.05) is 0 Å². The first-order chi connectivity index (χ1) is 8.81. The molecule has 0 aliphatic rings. The fourth-order valence-electron chi connectivity index (χ4n) is 1.62. The Bertz CT molecular complexity index is 627. The SMILES string of the molecule is Oc1ccc(Cc2nc(-c3ccoc3)no2)cc1. The largest absolute Gasteiger partial charge is 0.508 e. The number of aromatic hydroxyl groups is 1. The summed E-state index contributed by atoms with van der Waals surface area (Å²) in [5, 5.41) is 13.1. The molecule has 3 rings (SSSR count). The van der Waals surface area contributed by atoms with Crippen molar-refractivity contribution in [2.24, 2.45) is 0 Å². The van der Waals surface area contributed by atoms with Gasteiger partial charge in [0.1, 0.15) is 12.0 Å². The molecule has 0 fully saturated rings. The molecular formula is C13H10N2O3. The second-order valence-electron chi connectivity index (χ2n) is 3.87. The van der Waals surface area contributed by atoms with E-state index >= 15 is 0 Å². The number of phenolic OH excluding ortho intramolecular Hbond substituents is 1. The molecule has 1 N–H and O–H groups in total. The van der Waals surface area contributed by atoms with E-state index in [0.717, 1.165) is 11.1 Å². The summed E-state index contributed by atoms with van der Waals surface area (Å²) in [6, 6.07) is 8.66. The van der Waals surface area contributed by atoms with Crippen molar-refractivity contribution in [3.63, 3.8) is 0 Å². The zero-order valence-electron chi connectivity index (χ0n) is 9.41. The highest BCUT2D eigenvalue weighted by Crippen LogP contribution is 2.18. The molecule has 0 aliphatic carbocycles. The van der Waals surface area contributed by atoms with Gasteiger partial charge in [-0.15, -0.1) is 0 Å². The van der Waals surface area contributed by atoms with Crippen LogP contribution in [0.2, 0.25) is 0 Å². The molecule has 2 aromatic heterocycles. The number of rotatable bonds is 3. The number of hydrogen-bond donors (Lipinski definition) is 1. The first kappa shape index (κ1) is 10.6. The molecule has 0 saturated carbocycles. The molecule has 5 nitrogen and oxygen atoms in total. The molecule has 0 saturated heterocycles. The van der Waals surface area contributed by atoms with E-state index in [1.165, 1.54) is 0 Å². The van der Waals surface area contributed by atoms with Crippen LogP contribution >= 0.6 is 0 Å². The lowest BCUT2D eigenvalue weighted by Crippen LogP contribution is -1.87. The van der Waals surface area contributed by atoms with Crippen molar-refractivity contribution in [2.75, 3.05) is 0 Å². The molecule has 90 valence electrons. The lowest BCUT2D eigenvalue weighted by Gasteiger charge is -1.96. The Balaban J connectivity index is 1.80. The van der Waals surface area contributed by atoms with Gasteiger partial charge < -0.3 is 14.0 Å². The zero-order chi connectivity index (χ0) is 12.4. The molecule has 0 spiro atoms. The van der Waals surface area contributed by atoms with Crippen LogP contribution in [0.1, 0.15) is 11.5 Å². The van der Waals surface area contributed by atoms with Gasteiger partial charge in [0.25, 0.3) is 0 Å². The van der Waals surface area contributed by atoms with Gasteiger partial charge in [-0.25, -0.2) is 0 Å². The van der Waals surface area contributed by atoms with Crippen LogP contribution in [0.25, 0.3) is 11.4 Å². The average Bonchev–Trinajstić information content (AvgIpc) is 3.02. The van der Waals surface area contributed by atoms with Crippen LogP contribution in [0.3, 0.4) is 0 Å². The van der Waals surface area contributed by atoms with Gasteiger partial charge in [0.2, 0.25) is 11.7 Å². The van der Waals surface area contributed by atoms with Gasteiger partial charge in [-0.3, -0.25) is 0 Å². The maximum atomic E-state index is 9.19. The van der Waals surface area contributed by atoms with Gasteiger partial charge >= 0.3 is 0 Å². The maximum Gasteiger partial charge on any atom is 0.231 e. The monoisotopic (exact) mass is 242 g/mol. The molecule has 0 atom stereocenters. The maximum absolute atomic E-state index is 9.19. The third kappa shape index (κ3) is 2.10. The molecular weight excluding hydrogens is 232 g/mol. The average molecular weight is 242 g/mol. The van der Waals surface area contributed by atoms with E-state index in [0.29, 0.717) is 18.1 Å². The minimum atomic E-state index is 0.239. The number of benzene rings is 1. The fourth-order valence-corrected chi connectivity index (χ4v) is 1.62. The summed E-state index contributed by atoms with van der Waals surface area (Å²) >= 11 is 0. The van der Waals surface area contributed by atoms with Crippen molar-refractivity contribution in [2.45, 2.75) is 6.42 Å². The van der Waals surface area contributed by atoms with Crippen molar-refractivity contribution in [1.82, 2.24) is 10.1 Å². The third-order valence-corrected chi connectivity index (χ3v) is 2.54. The van der Waals surface area contributed by atoms with Gasteiger partial charge in [0.15, 0.2) is 0 Å². The predicted octanol–water partition coefficient (Wildman–Crippen LogP) is 2.63. The lowest BCUT2D eigenvalue weighted by molar-refractivity contribution is 0.385. The number of aromatic nitrogens is 2. The smallest absolute Gasteiger partial charge is 0.231 e. The van der Waals surface area contributed by atoms with Crippen LogP contribution in [0.4, 0.5) is 0 Å². The number of furan rings is 1. The first-order valence-corrected chi connectivity index (χ1v) is 5.44. The Labute approximate surface area is 103 Å². The standard InChI is InChI=1S/C13H10N2O3/c16-11-3-1-9(2-4-11)7-12-14-13(15-18-12)10-5-6-17-8-10/h1-6,8,16H,7H2. The summed E-state index contributed by atoms with van der Waals surface area (Å²) < 4.78 is 10.1. The Morgan fingerprint density at radius 3 is 2.67 bits per heavy atom. The minimum absolute atomic E-state index is 0.239. The second kappa shape index (κ2) is 4.37. The van der Waals surface area contributed by atoms with E-state index in [1.807, 2.05) is 12.1 Å². The van der Waals surface area contributed by atoms with E-state index in [2.05, 4.69) is 10.1 Å². The highest BCUT2D eigenvalue weighted by Gasteiger charge is 2.09. The van der Waals surface area contributed by atoms with Crippen LogP contribution in [-0.2, 0) is 6.42 Å². The molecule has 0 unspecified atom stereocenters. The van der Waals surface area contributed by atoms with Crippen LogP contribution in [-0.4, -0.2) is 15.2 Å². The van der Waals surface area contributed by atoms with Crippen molar-refractivity contribution in [3.8, 4) is 17.1 Å². The zero-order valence-corrected chi connectivity index (χ0v) is 9.41. The van der Waals surface area contributed by atoms with Gasteiger partial charge in [-0.05, 0) is 23.8 Å². The number of hydrogen-bond acceptors (Lipinski definition) is 5. The topological polar surface area (TPSA) is 72.3 Å². The summed E-state index contributed by atoms with van der Waals surface area (Å²) in [5.74, 6) is 1.28. The summed E-state index contributed by atoms with van der Waals surface area (Å²) in [6.07, 6.45) is 3.66. The minimum Gasteiger partial charge on any atom is -0.508 e. The van der Waals surface area contributed by atoms with Crippen molar-refractivity contribution >= 4 is 0 Å². The fraction of sp³-hybridized carbons (Fsp3) is 0.0769. The molecule has 3 aromatic rings. The van der Waals surface area contributed by atoms with Crippen LogP contribution < -0.4 is 0 Å². The highest BCUT2D eigenvalue weighted by molar-refractivity contribution is 5.51. The molecule has 0 radical (unpaired) electrons. The molecule has 0 bridgehead atoms.